The van der Waals surface area contributed by atoms with E-state index in [4.69, 9.17) is 31.4 Å². The summed E-state index contributed by atoms with van der Waals surface area (Å²) in [5.74, 6) is 0.787. The number of halogens is 1. The Bertz CT molecular complexity index is 457. The molecule has 2 heterocycles. The fraction of sp³-hybridized carbons (Fsp3) is 0.455. The summed E-state index contributed by atoms with van der Waals surface area (Å²) in [6.07, 6.45) is -0.230. The molecule has 0 fully saturated rings. The number of rotatable bonds is 1. The minimum Gasteiger partial charge on any atom is -0.491 e. The molecule has 0 radical (unpaired) electrons. The van der Waals surface area contributed by atoms with Crippen LogP contribution in [0.25, 0.3) is 0 Å². The average molecular weight is 253 g/mol. The zero-order valence-corrected chi connectivity index (χ0v) is 10.2. The minimum atomic E-state index is -0.412. The van der Waals surface area contributed by atoms with Crippen molar-refractivity contribution in [2.24, 2.45) is 5.73 Å². The van der Waals surface area contributed by atoms with E-state index >= 15 is 0 Å². The summed E-state index contributed by atoms with van der Waals surface area (Å²) >= 11 is 6.20. The fourth-order valence-corrected chi connectivity index (χ4v) is 2.59. The van der Waals surface area contributed by atoms with Crippen molar-refractivity contribution in [3.05, 3.63) is 22.7 Å². The lowest BCUT2D eigenvalue weighted by molar-refractivity contribution is 0.101. The van der Waals surface area contributed by atoms with Crippen molar-refractivity contribution in [2.75, 3.05) is 13.2 Å². The zero-order valence-electron chi connectivity index (χ0n) is 9.48. The first-order valence-electron chi connectivity index (χ1n) is 5.66. The predicted octanol–water partition coefficient (Wildman–Crippen LogP) is 0.863. The lowest BCUT2D eigenvalue weighted by Crippen LogP contribution is -2.34. The monoisotopic (exact) mass is 253 g/mol. The normalized spacial score (nSPS) is 26.4. The molecule has 17 heavy (non-hydrogen) atoms. The van der Waals surface area contributed by atoms with Crippen LogP contribution in [0.1, 0.15) is 18.6 Å². The molecule has 0 bridgehead atoms. The van der Waals surface area contributed by atoms with E-state index in [0.717, 1.165) is 16.8 Å². The lowest BCUT2D eigenvalue weighted by Gasteiger charge is -2.15. The van der Waals surface area contributed by atoms with Crippen molar-refractivity contribution >= 4 is 24.2 Å². The molecule has 3 rings (SSSR count). The third-order valence-corrected chi connectivity index (χ3v) is 3.41. The molecule has 0 aliphatic carbocycles. The van der Waals surface area contributed by atoms with Crippen LogP contribution >= 0.6 is 11.6 Å². The van der Waals surface area contributed by atoms with Gasteiger partial charge in [0.15, 0.2) is 0 Å². The van der Waals surface area contributed by atoms with Gasteiger partial charge < -0.3 is 19.8 Å². The van der Waals surface area contributed by atoms with Gasteiger partial charge in [-0.2, -0.15) is 0 Å². The van der Waals surface area contributed by atoms with Crippen LogP contribution in [0.15, 0.2) is 12.1 Å². The van der Waals surface area contributed by atoms with Crippen LogP contribution in [-0.4, -0.2) is 26.4 Å². The van der Waals surface area contributed by atoms with Crippen molar-refractivity contribution in [3.63, 3.8) is 0 Å². The van der Waals surface area contributed by atoms with Gasteiger partial charge in [0, 0.05) is 22.6 Å². The van der Waals surface area contributed by atoms with Crippen LogP contribution in [-0.2, 0) is 9.31 Å². The van der Waals surface area contributed by atoms with E-state index in [-0.39, 0.29) is 12.2 Å². The molecule has 2 atom stereocenters. The molecule has 0 saturated carbocycles. The van der Waals surface area contributed by atoms with Gasteiger partial charge in [0.05, 0.1) is 12.2 Å². The highest BCUT2D eigenvalue weighted by molar-refractivity contribution is 6.64. The van der Waals surface area contributed by atoms with Gasteiger partial charge in [0.1, 0.15) is 12.4 Å². The van der Waals surface area contributed by atoms with Gasteiger partial charge in [-0.15, -0.1) is 0 Å². The molecule has 2 N–H and O–H groups in total. The highest BCUT2D eigenvalue weighted by Gasteiger charge is 2.43. The molecule has 4 nitrogen and oxygen atoms in total. The molecule has 2 aliphatic rings. The largest absolute Gasteiger partial charge is 0.498 e. The summed E-state index contributed by atoms with van der Waals surface area (Å²) < 4.78 is 17.2. The Morgan fingerprint density at radius 1 is 1.47 bits per heavy atom. The topological polar surface area (TPSA) is 53.7 Å². The summed E-state index contributed by atoms with van der Waals surface area (Å²) in [5, 5.41) is 0.656. The van der Waals surface area contributed by atoms with Crippen LogP contribution in [0.2, 0.25) is 5.02 Å². The zero-order chi connectivity index (χ0) is 12.0. The Labute approximate surface area is 105 Å². The quantitative estimate of drug-likeness (QED) is 0.755. The summed E-state index contributed by atoms with van der Waals surface area (Å²) in [7, 11) is -0.412. The summed E-state index contributed by atoms with van der Waals surface area (Å²) in [6, 6.07) is 3.68. The summed E-state index contributed by atoms with van der Waals surface area (Å²) in [4.78, 5) is 0. The number of ether oxygens (including phenoxy) is 1. The van der Waals surface area contributed by atoms with E-state index in [1.807, 2.05) is 19.1 Å². The maximum absolute atomic E-state index is 6.20. The first-order chi connectivity index (χ1) is 8.20. The Morgan fingerprint density at radius 2 is 2.29 bits per heavy atom. The van der Waals surface area contributed by atoms with Crippen LogP contribution in [0.5, 0.6) is 5.75 Å². The summed E-state index contributed by atoms with van der Waals surface area (Å²) in [6.45, 7) is 2.85. The first kappa shape index (κ1) is 11.4. The second-order valence-electron chi connectivity index (χ2n) is 4.32. The molecule has 0 spiro atoms. The van der Waals surface area contributed by atoms with Gasteiger partial charge in [0.25, 0.3) is 0 Å². The number of hydrogen-bond donors (Lipinski definition) is 1. The minimum absolute atomic E-state index is 0.0180. The van der Waals surface area contributed by atoms with Gasteiger partial charge in [-0.25, -0.2) is 0 Å². The smallest absolute Gasteiger partial charge is 0.491 e. The molecule has 90 valence electrons. The van der Waals surface area contributed by atoms with Crippen molar-refractivity contribution in [1.29, 1.82) is 0 Å². The molecule has 6 heteroatoms. The van der Waals surface area contributed by atoms with E-state index in [1.54, 1.807) is 0 Å². The van der Waals surface area contributed by atoms with Crippen LogP contribution in [0.4, 0.5) is 0 Å². The lowest BCUT2D eigenvalue weighted by atomic mass is 9.77. The standard InChI is InChI=1S/C11H13BClNO3/c1-6-5-15-8-3-2-7(13)10-9(4-14)17-12(16-6)11(8)10/h2-3,6,9H,4-5,14H2,1H3/t6?,9-/m1/s1. The van der Waals surface area contributed by atoms with Crippen molar-refractivity contribution in [2.45, 2.75) is 19.1 Å². The Morgan fingerprint density at radius 3 is 3.06 bits per heavy atom. The second-order valence-corrected chi connectivity index (χ2v) is 4.73. The van der Waals surface area contributed by atoms with Gasteiger partial charge in [0.2, 0.25) is 0 Å². The number of hydrogen-bond acceptors (Lipinski definition) is 4. The Balaban J connectivity index is 2.14. The first-order valence-corrected chi connectivity index (χ1v) is 6.04. The van der Waals surface area contributed by atoms with Gasteiger partial charge in [-0.05, 0) is 19.1 Å². The molecule has 0 aromatic heterocycles. The highest BCUT2D eigenvalue weighted by atomic mass is 35.5. The van der Waals surface area contributed by atoms with E-state index in [1.165, 1.54) is 0 Å². The SMILES string of the molecule is CC1COc2ccc(Cl)c3c2B(O1)O[C@@H]3CN. The van der Waals surface area contributed by atoms with Crippen molar-refractivity contribution in [3.8, 4) is 5.75 Å². The number of nitrogens with two attached hydrogens (primary N) is 1. The fourth-order valence-electron chi connectivity index (χ4n) is 2.30. The van der Waals surface area contributed by atoms with Crippen LogP contribution in [0.3, 0.4) is 0 Å². The van der Waals surface area contributed by atoms with E-state index in [9.17, 15) is 0 Å². The predicted molar refractivity (Wildman–Crippen MR) is 65.8 cm³/mol. The third kappa shape index (κ3) is 1.74. The molecule has 2 aliphatic heterocycles. The molecule has 0 saturated heterocycles. The highest BCUT2D eigenvalue weighted by Crippen LogP contribution is 2.35. The van der Waals surface area contributed by atoms with Crippen molar-refractivity contribution < 1.29 is 14.0 Å². The van der Waals surface area contributed by atoms with Gasteiger partial charge in [-0.3, -0.25) is 0 Å². The maximum Gasteiger partial charge on any atom is 0.498 e. The molecule has 0 amide bonds. The molecule has 1 aromatic carbocycles. The van der Waals surface area contributed by atoms with E-state index in [2.05, 4.69) is 0 Å². The average Bonchev–Trinajstić information content (AvgIpc) is 2.60. The third-order valence-electron chi connectivity index (χ3n) is 3.08. The number of benzene rings is 1. The van der Waals surface area contributed by atoms with E-state index < -0.39 is 7.12 Å². The van der Waals surface area contributed by atoms with Crippen LogP contribution < -0.4 is 15.9 Å². The van der Waals surface area contributed by atoms with Crippen LogP contribution in [0, 0.1) is 0 Å². The maximum atomic E-state index is 6.20. The second kappa shape index (κ2) is 4.17. The summed E-state index contributed by atoms with van der Waals surface area (Å²) in [5.41, 5.74) is 7.51. The molecule has 1 aromatic rings. The Kier molecular flexibility index (Phi) is 2.79. The molecular weight excluding hydrogens is 240 g/mol. The Hall–Kier alpha value is -0.745. The molecular formula is C11H13BClNO3. The van der Waals surface area contributed by atoms with Gasteiger partial charge in [-0.1, -0.05) is 11.6 Å². The molecule has 1 unspecified atom stereocenters. The van der Waals surface area contributed by atoms with Gasteiger partial charge >= 0.3 is 7.12 Å². The van der Waals surface area contributed by atoms with Crippen molar-refractivity contribution in [1.82, 2.24) is 0 Å². The van der Waals surface area contributed by atoms with E-state index in [0.29, 0.717) is 18.2 Å².